The van der Waals surface area contributed by atoms with Gasteiger partial charge in [-0.2, -0.15) is 8.78 Å². The zero-order chi connectivity index (χ0) is 15.4. The van der Waals surface area contributed by atoms with E-state index in [1.165, 1.54) is 18.2 Å². The van der Waals surface area contributed by atoms with Crippen LogP contribution in [0.5, 0.6) is 5.75 Å². The van der Waals surface area contributed by atoms with Crippen molar-refractivity contribution in [3.8, 4) is 5.75 Å². The van der Waals surface area contributed by atoms with Gasteiger partial charge < -0.3 is 4.74 Å². The first-order chi connectivity index (χ1) is 9.99. The van der Waals surface area contributed by atoms with Crippen LogP contribution in [-0.2, 0) is 0 Å². The molecule has 0 N–H and O–H groups in total. The third-order valence-corrected chi connectivity index (χ3v) is 2.87. The lowest BCUT2D eigenvalue weighted by molar-refractivity contribution is -0.0499. The smallest absolute Gasteiger partial charge is 0.387 e. The second kappa shape index (κ2) is 6.45. The van der Waals surface area contributed by atoms with E-state index in [1.54, 1.807) is 12.1 Å². The number of carbonyl (C=O) groups excluding carboxylic acids is 2. The van der Waals surface area contributed by atoms with Crippen LogP contribution in [0.1, 0.15) is 26.3 Å². The number of ether oxygens (including phenoxy) is 1. The zero-order valence-electron chi connectivity index (χ0n) is 10.6. The highest BCUT2D eigenvalue weighted by atomic mass is 35.5. The van der Waals surface area contributed by atoms with Gasteiger partial charge in [-0.15, -0.1) is 0 Å². The number of halogens is 3. The van der Waals surface area contributed by atoms with Gasteiger partial charge in [0.05, 0.1) is 0 Å². The van der Waals surface area contributed by atoms with Gasteiger partial charge in [-0.1, -0.05) is 23.7 Å². The van der Waals surface area contributed by atoms with Gasteiger partial charge in [0.2, 0.25) is 0 Å². The summed E-state index contributed by atoms with van der Waals surface area (Å²) in [6.07, 6.45) is 0.451. The molecule has 21 heavy (non-hydrogen) atoms. The van der Waals surface area contributed by atoms with Crippen LogP contribution in [0.15, 0.2) is 42.5 Å². The molecule has 0 fully saturated rings. The van der Waals surface area contributed by atoms with E-state index in [2.05, 4.69) is 4.74 Å². The summed E-state index contributed by atoms with van der Waals surface area (Å²) in [7, 11) is 0. The zero-order valence-corrected chi connectivity index (χ0v) is 11.3. The van der Waals surface area contributed by atoms with Crippen molar-refractivity contribution in [2.75, 3.05) is 0 Å². The monoisotopic (exact) mass is 310 g/mol. The Morgan fingerprint density at radius 3 is 2.52 bits per heavy atom. The lowest BCUT2D eigenvalue weighted by atomic mass is 10.0. The fraction of sp³-hybridized carbons (Fsp3) is 0.0667. The third-order valence-electron chi connectivity index (χ3n) is 2.64. The summed E-state index contributed by atoms with van der Waals surface area (Å²) in [5.74, 6) is -0.694. The summed E-state index contributed by atoms with van der Waals surface area (Å²) in [6.45, 7) is -3.04. The van der Waals surface area contributed by atoms with Crippen LogP contribution in [0.2, 0.25) is 5.02 Å². The molecule has 0 aliphatic carbocycles. The molecule has 108 valence electrons. The highest BCUT2D eigenvalue weighted by Crippen LogP contribution is 2.22. The number of aldehydes is 1. The van der Waals surface area contributed by atoms with Gasteiger partial charge in [-0.05, 0) is 30.3 Å². The standard InChI is InChI=1S/C15H9ClF2O3/c16-12-3-1-2-10(6-12)14(20)11-4-9(8-19)5-13(7-11)21-15(17)18/h1-8,15H. The van der Waals surface area contributed by atoms with Crippen LogP contribution >= 0.6 is 11.6 Å². The topological polar surface area (TPSA) is 43.4 Å². The van der Waals surface area contributed by atoms with E-state index >= 15 is 0 Å². The molecule has 0 aliphatic rings. The van der Waals surface area contributed by atoms with Gasteiger partial charge in [-0.25, -0.2) is 0 Å². The molecule has 0 radical (unpaired) electrons. The fourth-order valence-corrected chi connectivity index (χ4v) is 1.98. The average molecular weight is 311 g/mol. The summed E-state index contributed by atoms with van der Waals surface area (Å²) < 4.78 is 28.7. The van der Waals surface area contributed by atoms with E-state index in [1.807, 2.05) is 0 Å². The number of ketones is 1. The van der Waals surface area contributed by atoms with Crippen LogP contribution in [0.25, 0.3) is 0 Å². The quantitative estimate of drug-likeness (QED) is 0.619. The molecule has 2 aromatic rings. The van der Waals surface area contributed by atoms with Gasteiger partial charge in [0.1, 0.15) is 12.0 Å². The maximum atomic E-state index is 12.3. The summed E-state index contributed by atoms with van der Waals surface area (Å²) >= 11 is 5.80. The molecule has 0 aliphatic heterocycles. The highest BCUT2D eigenvalue weighted by Gasteiger charge is 2.14. The van der Waals surface area contributed by atoms with Crippen LogP contribution < -0.4 is 4.74 Å². The van der Waals surface area contributed by atoms with Crippen molar-refractivity contribution in [3.63, 3.8) is 0 Å². The summed E-state index contributed by atoms with van der Waals surface area (Å²) in [5.41, 5.74) is 0.421. The number of hydrogen-bond donors (Lipinski definition) is 0. The van der Waals surface area contributed by atoms with Crippen molar-refractivity contribution < 1.29 is 23.1 Å². The predicted octanol–water partition coefficient (Wildman–Crippen LogP) is 3.98. The van der Waals surface area contributed by atoms with Crippen molar-refractivity contribution in [1.29, 1.82) is 0 Å². The molecule has 0 spiro atoms. The molecule has 6 heteroatoms. The molecular formula is C15H9ClF2O3. The van der Waals surface area contributed by atoms with Crippen LogP contribution in [0, 0.1) is 0 Å². The minimum Gasteiger partial charge on any atom is -0.435 e. The molecule has 0 unspecified atom stereocenters. The van der Waals surface area contributed by atoms with Gasteiger partial charge in [0.15, 0.2) is 5.78 Å². The molecule has 0 bridgehead atoms. The normalized spacial score (nSPS) is 10.5. The van der Waals surface area contributed by atoms with E-state index in [4.69, 9.17) is 11.6 Å². The minimum absolute atomic E-state index is 0.0671. The summed E-state index contributed by atoms with van der Waals surface area (Å²) in [6, 6.07) is 9.77. The van der Waals surface area contributed by atoms with E-state index in [-0.39, 0.29) is 22.4 Å². The van der Waals surface area contributed by atoms with Crippen LogP contribution in [-0.4, -0.2) is 18.7 Å². The summed E-state index contributed by atoms with van der Waals surface area (Å²) in [5, 5.41) is 0.372. The van der Waals surface area contributed by atoms with E-state index in [9.17, 15) is 18.4 Å². The number of benzene rings is 2. The Morgan fingerprint density at radius 2 is 1.90 bits per heavy atom. The third kappa shape index (κ3) is 3.86. The molecule has 0 saturated heterocycles. The first-order valence-electron chi connectivity index (χ1n) is 5.85. The van der Waals surface area contributed by atoms with Crippen molar-refractivity contribution in [2.45, 2.75) is 6.61 Å². The lowest BCUT2D eigenvalue weighted by Gasteiger charge is -2.08. The molecule has 0 aromatic heterocycles. The van der Waals surface area contributed by atoms with Gasteiger partial charge in [0.25, 0.3) is 0 Å². The number of alkyl halides is 2. The fourth-order valence-electron chi connectivity index (χ4n) is 1.79. The van der Waals surface area contributed by atoms with E-state index < -0.39 is 12.4 Å². The van der Waals surface area contributed by atoms with Gasteiger partial charge >= 0.3 is 6.61 Å². The Hall–Kier alpha value is -2.27. The first-order valence-corrected chi connectivity index (χ1v) is 6.23. The second-order valence-corrected chi connectivity index (χ2v) is 4.56. The second-order valence-electron chi connectivity index (χ2n) is 4.13. The largest absolute Gasteiger partial charge is 0.435 e. The Balaban J connectivity index is 2.42. The number of hydrogen-bond acceptors (Lipinski definition) is 3. The SMILES string of the molecule is O=Cc1cc(OC(F)F)cc(C(=O)c2cccc(Cl)c2)c1. The molecule has 0 amide bonds. The molecule has 3 nitrogen and oxygen atoms in total. The molecule has 0 heterocycles. The lowest BCUT2D eigenvalue weighted by Crippen LogP contribution is -2.06. The Kier molecular flexibility index (Phi) is 4.65. The minimum atomic E-state index is -3.04. The molecule has 2 aromatic carbocycles. The van der Waals surface area contributed by atoms with Gasteiger partial charge in [-0.3, -0.25) is 9.59 Å². The maximum absolute atomic E-state index is 12.3. The maximum Gasteiger partial charge on any atom is 0.387 e. The van der Waals surface area contributed by atoms with Crippen LogP contribution in [0.4, 0.5) is 8.78 Å². The molecular weight excluding hydrogens is 302 g/mol. The van der Waals surface area contributed by atoms with Crippen LogP contribution in [0.3, 0.4) is 0 Å². The summed E-state index contributed by atoms with van der Waals surface area (Å²) in [4.78, 5) is 23.1. The Bertz CT molecular complexity index is 686. The number of rotatable bonds is 5. The van der Waals surface area contributed by atoms with Crippen molar-refractivity contribution in [2.24, 2.45) is 0 Å². The van der Waals surface area contributed by atoms with Gasteiger partial charge in [0, 0.05) is 21.7 Å². The van der Waals surface area contributed by atoms with Crippen molar-refractivity contribution >= 4 is 23.7 Å². The van der Waals surface area contributed by atoms with Crippen molar-refractivity contribution in [3.05, 3.63) is 64.2 Å². The van der Waals surface area contributed by atoms with E-state index in [0.717, 1.165) is 12.1 Å². The molecule has 0 saturated carbocycles. The Labute approximate surface area is 124 Å². The van der Waals surface area contributed by atoms with Crippen molar-refractivity contribution in [1.82, 2.24) is 0 Å². The molecule has 2 rings (SSSR count). The number of carbonyl (C=O) groups is 2. The predicted molar refractivity (Wildman–Crippen MR) is 73.3 cm³/mol. The average Bonchev–Trinajstić information content (AvgIpc) is 2.45. The van der Waals surface area contributed by atoms with E-state index in [0.29, 0.717) is 11.3 Å². The Morgan fingerprint density at radius 1 is 1.14 bits per heavy atom. The molecule has 0 atom stereocenters. The highest BCUT2D eigenvalue weighted by molar-refractivity contribution is 6.31. The first kappa shape index (κ1) is 15.1.